The fourth-order valence-electron chi connectivity index (χ4n) is 3.59. The summed E-state index contributed by atoms with van der Waals surface area (Å²) in [6, 6.07) is 14.4. The van der Waals surface area contributed by atoms with Crippen LogP contribution < -0.4 is 19.9 Å². The Morgan fingerprint density at radius 2 is 1.55 bits per heavy atom. The lowest BCUT2D eigenvalue weighted by Crippen LogP contribution is -2.47. The Kier molecular flexibility index (Phi) is 5.46. The maximum atomic E-state index is 5.24. The number of piperazine rings is 1. The van der Waals surface area contributed by atoms with Gasteiger partial charge in [0.05, 0.1) is 13.3 Å². The van der Waals surface area contributed by atoms with Gasteiger partial charge in [0.15, 0.2) is 5.82 Å². The second-order valence-electron chi connectivity index (χ2n) is 7.21. The second-order valence-corrected chi connectivity index (χ2v) is 7.21. The summed E-state index contributed by atoms with van der Waals surface area (Å²) in [6.07, 6.45) is 1.67. The molecule has 2 aromatic carbocycles. The van der Waals surface area contributed by atoms with E-state index >= 15 is 0 Å². The van der Waals surface area contributed by atoms with Gasteiger partial charge in [0, 0.05) is 37.6 Å². The third-order valence-electron chi connectivity index (χ3n) is 5.28. The smallest absolute Gasteiger partial charge is 0.247 e. The number of para-hydroxylation sites is 1. The first-order valence-corrected chi connectivity index (χ1v) is 9.81. The van der Waals surface area contributed by atoms with Crippen molar-refractivity contribution >= 4 is 23.1 Å². The predicted octanol–water partition coefficient (Wildman–Crippen LogP) is 3.57. The zero-order chi connectivity index (χ0) is 20.2. The number of benzene rings is 2. The number of aryl methyl sites for hydroxylation is 2. The van der Waals surface area contributed by atoms with Crippen LogP contribution in [0.15, 0.2) is 48.7 Å². The van der Waals surface area contributed by atoms with Crippen LogP contribution in [0.4, 0.5) is 23.1 Å². The molecule has 7 heteroatoms. The molecular formula is C22H26N6O. The van der Waals surface area contributed by atoms with Gasteiger partial charge in [0.2, 0.25) is 5.95 Å². The molecule has 0 unspecified atom stereocenters. The van der Waals surface area contributed by atoms with Gasteiger partial charge in [0.1, 0.15) is 5.75 Å². The standard InChI is InChI=1S/C22H26N6O/c1-16-5-4-6-17(2)21(16)24-20-15-23-26-22(25-20)28-13-11-27(12-14-28)18-7-9-19(29-3)10-8-18/h4-10,15H,11-14H2,1-3H3,(H,24,25,26). The molecule has 1 aromatic heterocycles. The van der Waals surface area contributed by atoms with E-state index in [4.69, 9.17) is 9.72 Å². The Bertz CT molecular complexity index is 947. The number of methoxy groups -OCH3 is 1. The van der Waals surface area contributed by atoms with E-state index in [0.29, 0.717) is 11.8 Å². The molecule has 0 atom stereocenters. The quantitative estimate of drug-likeness (QED) is 0.714. The van der Waals surface area contributed by atoms with Crippen LogP contribution in [0, 0.1) is 13.8 Å². The van der Waals surface area contributed by atoms with Crippen molar-refractivity contribution in [1.82, 2.24) is 15.2 Å². The van der Waals surface area contributed by atoms with Crippen molar-refractivity contribution in [3.05, 3.63) is 59.8 Å². The minimum atomic E-state index is 0.663. The average Bonchev–Trinajstić information content (AvgIpc) is 2.77. The molecule has 29 heavy (non-hydrogen) atoms. The van der Waals surface area contributed by atoms with E-state index in [1.54, 1.807) is 13.3 Å². The van der Waals surface area contributed by atoms with Crippen LogP contribution in [0.1, 0.15) is 11.1 Å². The van der Waals surface area contributed by atoms with Crippen LogP contribution >= 0.6 is 0 Å². The molecule has 0 amide bonds. The summed E-state index contributed by atoms with van der Waals surface area (Å²) >= 11 is 0. The van der Waals surface area contributed by atoms with Crippen molar-refractivity contribution in [3.63, 3.8) is 0 Å². The zero-order valence-electron chi connectivity index (χ0n) is 17.1. The average molecular weight is 390 g/mol. The van der Waals surface area contributed by atoms with Crippen LogP contribution in [0.2, 0.25) is 0 Å². The van der Waals surface area contributed by atoms with Crippen molar-refractivity contribution in [3.8, 4) is 5.75 Å². The normalized spacial score (nSPS) is 14.0. The fourth-order valence-corrected chi connectivity index (χ4v) is 3.59. The summed E-state index contributed by atoms with van der Waals surface area (Å²) in [7, 11) is 1.69. The number of nitrogens with zero attached hydrogens (tertiary/aromatic N) is 5. The summed E-state index contributed by atoms with van der Waals surface area (Å²) in [4.78, 5) is 9.25. The highest BCUT2D eigenvalue weighted by Gasteiger charge is 2.20. The van der Waals surface area contributed by atoms with E-state index in [0.717, 1.165) is 37.6 Å². The topological polar surface area (TPSA) is 66.4 Å². The largest absolute Gasteiger partial charge is 0.497 e. The minimum absolute atomic E-state index is 0.663. The van der Waals surface area contributed by atoms with Crippen LogP contribution in [-0.2, 0) is 0 Å². The van der Waals surface area contributed by atoms with Gasteiger partial charge in [-0.15, -0.1) is 5.10 Å². The molecule has 1 aliphatic rings. The van der Waals surface area contributed by atoms with Crippen molar-refractivity contribution in [2.45, 2.75) is 13.8 Å². The monoisotopic (exact) mass is 390 g/mol. The van der Waals surface area contributed by atoms with E-state index < -0.39 is 0 Å². The van der Waals surface area contributed by atoms with Crippen molar-refractivity contribution in [2.24, 2.45) is 0 Å². The fraction of sp³-hybridized carbons (Fsp3) is 0.318. The number of anilines is 4. The van der Waals surface area contributed by atoms with Crippen molar-refractivity contribution in [2.75, 3.05) is 48.4 Å². The molecule has 1 fully saturated rings. The summed E-state index contributed by atoms with van der Waals surface area (Å²) in [5.41, 5.74) is 4.63. The molecule has 0 radical (unpaired) electrons. The van der Waals surface area contributed by atoms with E-state index in [2.05, 4.69) is 69.5 Å². The molecule has 1 aliphatic heterocycles. The molecule has 4 rings (SSSR count). The molecule has 0 bridgehead atoms. The number of ether oxygens (including phenoxy) is 1. The first kappa shape index (κ1) is 19.0. The summed E-state index contributed by atoms with van der Waals surface area (Å²) < 4.78 is 5.24. The van der Waals surface area contributed by atoms with E-state index in [-0.39, 0.29) is 0 Å². The highest BCUT2D eigenvalue weighted by molar-refractivity contribution is 5.64. The molecule has 1 saturated heterocycles. The van der Waals surface area contributed by atoms with Crippen LogP contribution in [0.25, 0.3) is 0 Å². The zero-order valence-corrected chi connectivity index (χ0v) is 17.1. The highest BCUT2D eigenvalue weighted by atomic mass is 16.5. The first-order chi connectivity index (χ1) is 14.1. The third-order valence-corrected chi connectivity index (χ3v) is 5.28. The van der Waals surface area contributed by atoms with E-state index in [9.17, 15) is 0 Å². The lowest BCUT2D eigenvalue weighted by Gasteiger charge is -2.36. The van der Waals surface area contributed by atoms with E-state index in [1.807, 2.05) is 12.1 Å². The number of aromatic nitrogens is 3. The van der Waals surface area contributed by atoms with Crippen LogP contribution in [0.3, 0.4) is 0 Å². The van der Waals surface area contributed by atoms with Gasteiger partial charge in [-0.25, -0.2) is 0 Å². The minimum Gasteiger partial charge on any atom is -0.497 e. The van der Waals surface area contributed by atoms with E-state index in [1.165, 1.54) is 16.8 Å². The predicted molar refractivity (Wildman–Crippen MR) is 116 cm³/mol. The van der Waals surface area contributed by atoms with Gasteiger partial charge in [0.25, 0.3) is 0 Å². The van der Waals surface area contributed by atoms with Gasteiger partial charge in [-0.1, -0.05) is 18.2 Å². The molecule has 3 aromatic rings. The van der Waals surface area contributed by atoms with Crippen molar-refractivity contribution in [1.29, 1.82) is 0 Å². The van der Waals surface area contributed by atoms with Gasteiger partial charge in [-0.2, -0.15) is 10.1 Å². The maximum absolute atomic E-state index is 5.24. The van der Waals surface area contributed by atoms with Crippen molar-refractivity contribution < 1.29 is 4.74 Å². The number of rotatable bonds is 5. The lowest BCUT2D eigenvalue weighted by molar-refractivity contribution is 0.415. The molecular weight excluding hydrogens is 364 g/mol. The van der Waals surface area contributed by atoms with Gasteiger partial charge >= 0.3 is 0 Å². The summed E-state index contributed by atoms with van der Waals surface area (Å²) in [6.45, 7) is 7.68. The number of hydrogen-bond acceptors (Lipinski definition) is 7. The second kappa shape index (κ2) is 8.34. The molecule has 7 nitrogen and oxygen atoms in total. The molecule has 150 valence electrons. The molecule has 2 heterocycles. The van der Waals surface area contributed by atoms with Crippen LogP contribution in [0.5, 0.6) is 5.75 Å². The van der Waals surface area contributed by atoms with Gasteiger partial charge in [-0.05, 0) is 49.2 Å². The van der Waals surface area contributed by atoms with Gasteiger partial charge < -0.3 is 19.9 Å². The lowest BCUT2D eigenvalue weighted by atomic mass is 10.1. The summed E-state index contributed by atoms with van der Waals surface area (Å²) in [5.74, 6) is 2.25. The Hall–Kier alpha value is -3.35. The SMILES string of the molecule is COc1ccc(N2CCN(c3nncc(Nc4c(C)cccc4C)n3)CC2)cc1. The molecule has 0 saturated carbocycles. The molecule has 0 aliphatic carbocycles. The Balaban J connectivity index is 1.43. The third kappa shape index (κ3) is 4.23. The first-order valence-electron chi connectivity index (χ1n) is 9.81. The number of hydrogen-bond donors (Lipinski definition) is 1. The Morgan fingerprint density at radius 1 is 0.897 bits per heavy atom. The number of nitrogens with one attached hydrogen (secondary N) is 1. The molecule has 0 spiro atoms. The molecule has 1 N–H and O–H groups in total. The maximum Gasteiger partial charge on any atom is 0.247 e. The Labute approximate surface area is 171 Å². The summed E-state index contributed by atoms with van der Waals surface area (Å²) in [5, 5.41) is 11.8. The van der Waals surface area contributed by atoms with Crippen LogP contribution in [-0.4, -0.2) is 48.5 Å². The Morgan fingerprint density at radius 3 is 2.21 bits per heavy atom. The van der Waals surface area contributed by atoms with Gasteiger partial charge in [-0.3, -0.25) is 0 Å². The highest BCUT2D eigenvalue weighted by Crippen LogP contribution is 2.25.